The molecule has 0 amide bonds. The second-order valence-electron chi connectivity index (χ2n) is 5.95. The van der Waals surface area contributed by atoms with Gasteiger partial charge in [-0.25, -0.2) is 4.39 Å². The molecule has 2 fully saturated rings. The molecule has 1 aromatic rings. The fraction of sp³-hybridized carbons (Fsp3) is 0.625. The lowest BCUT2D eigenvalue weighted by Gasteiger charge is -2.43. The Balaban J connectivity index is 0.00000110. The number of piperazine rings is 1. The van der Waals surface area contributed by atoms with Crippen LogP contribution in [0.1, 0.15) is 36.4 Å². The number of nitrogens with one attached hydrogen (secondary N) is 1. The van der Waals surface area contributed by atoms with Gasteiger partial charge in [-0.2, -0.15) is 0 Å². The maximum absolute atomic E-state index is 14.3. The van der Waals surface area contributed by atoms with Crippen molar-refractivity contribution in [1.29, 1.82) is 0 Å². The predicted octanol–water partition coefficient (Wildman–Crippen LogP) is 3.72. The third-order valence-electron chi connectivity index (χ3n) is 4.62. The Morgan fingerprint density at radius 2 is 1.86 bits per heavy atom. The van der Waals surface area contributed by atoms with E-state index in [-0.39, 0.29) is 36.7 Å². The molecular formula is C16H25Cl2FN2. The molecule has 21 heavy (non-hydrogen) atoms. The monoisotopic (exact) mass is 334 g/mol. The topological polar surface area (TPSA) is 15.3 Å². The molecule has 1 atom stereocenters. The second kappa shape index (κ2) is 8.33. The average molecular weight is 335 g/mol. The molecule has 1 aliphatic heterocycles. The van der Waals surface area contributed by atoms with Gasteiger partial charge in [-0.1, -0.05) is 18.6 Å². The van der Waals surface area contributed by atoms with Gasteiger partial charge in [0.15, 0.2) is 0 Å². The zero-order valence-corrected chi connectivity index (χ0v) is 14.1. The fourth-order valence-electron chi connectivity index (χ4n) is 3.34. The van der Waals surface area contributed by atoms with Crippen molar-refractivity contribution >= 4 is 24.8 Å². The molecule has 1 aromatic carbocycles. The van der Waals surface area contributed by atoms with E-state index in [9.17, 15) is 4.39 Å². The smallest absolute Gasteiger partial charge is 0.128 e. The number of hydrogen-bond donors (Lipinski definition) is 1. The number of hydrogen-bond acceptors (Lipinski definition) is 2. The molecule has 2 aliphatic rings. The van der Waals surface area contributed by atoms with Gasteiger partial charge in [0.2, 0.25) is 0 Å². The number of halogens is 3. The second-order valence-corrected chi connectivity index (χ2v) is 5.95. The number of rotatable bonds is 3. The third kappa shape index (κ3) is 4.10. The maximum atomic E-state index is 14.3. The van der Waals surface area contributed by atoms with Gasteiger partial charge >= 0.3 is 0 Å². The third-order valence-corrected chi connectivity index (χ3v) is 4.62. The van der Waals surface area contributed by atoms with Gasteiger partial charge in [0.25, 0.3) is 0 Å². The minimum absolute atomic E-state index is 0. The van der Waals surface area contributed by atoms with Crippen molar-refractivity contribution < 1.29 is 4.39 Å². The van der Waals surface area contributed by atoms with Crippen LogP contribution in [0.15, 0.2) is 18.2 Å². The van der Waals surface area contributed by atoms with E-state index >= 15 is 0 Å². The summed E-state index contributed by atoms with van der Waals surface area (Å²) in [5, 5.41) is 3.38. The zero-order valence-electron chi connectivity index (χ0n) is 12.5. The van der Waals surface area contributed by atoms with Gasteiger partial charge in [0.05, 0.1) is 0 Å². The first-order valence-corrected chi connectivity index (χ1v) is 7.46. The van der Waals surface area contributed by atoms with Crippen LogP contribution in [0.3, 0.4) is 0 Å². The summed E-state index contributed by atoms with van der Waals surface area (Å²) < 4.78 is 14.3. The lowest BCUT2D eigenvalue weighted by atomic mass is 9.76. The Morgan fingerprint density at radius 3 is 2.38 bits per heavy atom. The van der Waals surface area contributed by atoms with Crippen LogP contribution in [-0.4, -0.2) is 31.1 Å². The highest BCUT2D eigenvalue weighted by Crippen LogP contribution is 2.42. The molecule has 2 nitrogen and oxygen atoms in total. The van der Waals surface area contributed by atoms with Crippen molar-refractivity contribution in [2.75, 3.05) is 26.2 Å². The first-order chi connectivity index (χ1) is 9.25. The van der Waals surface area contributed by atoms with Gasteiger partial charge in [0, 0.05) is 37.8 Å². The van der Waals surface area contributed by atoms with Crippen LogP contribution in [0.4, 0.5) is 4.39 Å². The van der Waals surface area contributed by atoms with E-state index in [0.29, 0.717) is 5.92 Å². The molecule has 0 spiro atoms. The summed E-state index contributed by atoms with van der Waals surface area (Å²) in [6, 6.07) is 6.03. The number of nitrogens with zero attached hydrogens (tertiary/aromatic N) is 1. The lowest BCUT2D eigenvalue weighted by Crippen LogP contribution is -2.48. The van der Waals surface area contributed by atoms with E-state index in [1.165, 1.54) is 19.3 Å². The molecule has 0 unspecified atom stereocenters. The van der Waals surface area contributed by atoms with Gasteiger partial charge in [0.1, 0.15) is 5.82 Å². The first-order valence-electron chi connectivity index (χ1n) is 7.46. The lowest BCUT2D eigenvalue weighted by molar-refractivity contribution is 0.0812. The molecule has 0 aromatic heterocycles. The Labute approximate surface area is 139 Å². The molecule has 1 aliphatic carbocycles. The normalized spacial score (nSPS) is 20.9. The first kappa shape index (κ1) is 18.7. The van der Waals surface area contributed by atoms with Crippen molar-refractivity contribution in [3.8, 4) is 0 Å². The minimum Gasteiger partial charge on any atom is -0.314 e. The van der Waals surface area contributed by atoms with Crippen LogP contribution in [0.5, 0.6) is 0 Å². The van der Waals surface area contributed by atoms with E-state index < -0.39 is 0 Å². The SMILES string of the molecule is Cc1ccc([C@@H](C2CCC2)N2CCNCC2)c(F)c1.Cl.Cl. The Bertz CT molecular complexity index is 446. The molecule has 3 rings (SSSR count). The van der Waals surface area contributed by atoms with E-state index in [4.69, 9.17) is 0 Å². The highest BCUT2D eigenvalue weighted by atomic mass is 35.5. The molecule has 120 valence electrons. The van der Waals surface area contributed by atoms with Gasteiger partial charge < -0.3 is 5.32 Å². The van der Waals surface area contributed by atoms with Crippen molar-refractivity contribution in [3.63, 3.8) is 0 Å². The summed E-state index contributed by atoms with van der Waals surface area (Å²) in [5.74, 6) is 0.630. The Hall–Kier alpha value is -0.350. The van der Waals surface area contributed by atoms with E-state index in [1.807, 2.05) is 19.1 Å². The van der Waals surface area contributed by atoms with Crippen molar-refractivity contribution in [2.45, 2.75) is 32.2 Å². The summed E-state index contributed by atoms with van der Waals surface area (Å²) in [5.41, 5.74) is 1.92. The highest BCUT2D eigenvalue weighted by molar-refractivity contribution is 5.85. The Morgan fingerprint density at radius 1 is 1.19 bits per heavy atom. The maximum Gasteiger partial charge on any atom is 0.128 e. The van der Waals surface area contributed by atoms with E-state index in [1.54, 1.807) is 6.07 Å². The van der Waals surface area contributed by atoms with Crippen LogP contribution >= 0.6 is 24.8 Å². The number of aryl methyl sites for hydroxylation is 1. The van der Waals surface area contributed by atoms with Crippen LogP contribution in [0, 0.1) is 18.7 Å². The standard InChI is InChI=1S/C16H23FN2.2ClH/c1-12-5-6-14(15(17)11-12)16(13-3-2-4-13)19-9-7-18-8-10-19;;/h5-6,11,13,16,18H,2-4,7-10H2,1H3;2*1H/t16-;;/m1../s1. The van der Waals surface area contributed by atoms with Crippen molar-refractivity contribution in [2.24, 2.45) is 5.92 Å². The molecular weight excluding hydrogens is 310 g/mol. The van der Waals surface area contributed by atoms with Crippen LogP contribution in [0.2, 0.25) is 0 Å². The predicted molar refractivity (Wildman–Crippen MR) is 90.2 cm³/mol. The molecule has 1 heterocycles. The molecule has 5 heteroatoms. The zero-order chi connectivity index (χ0) is 13.2. The van der Waals surface area contributed by atoms with Crippen LogP contribution < -0.4 is 5.32 Å². The van der Waals surface area contributed by atoms with E-state index in [2.05, 4.69) is 10.2 Å². The number of benzene rings is 1. The summed E-state index contributed by atoms with van der Waals surface area (Å²) in [7, 11) is 0. The van der Waals surface area contributed by atoms with E-state index in [0.717, 1.165) is 37.3 Å². The molecule has 0 radical (unpaired) electrons. The fourth-order valence-corrected chi connectivity index (χ4v) is 3.34. The van der Waals surface area contributed by atoms with Crippen molar-refractivity contribution in [1.82, 2.24) is 10.2 Å². The molecule has 1 saturated carbocycles. The summed E-state index contributed by atoms with van der Waals surface area (Å²) in [6.45, 7) is 6.08. The van der Waals surface area contributed by atoms with Crippen LogP contribution in [-0.2, 0) is 0 Å². The molecule has 1 N–H and O–H groups in total. The van der Waals surface area contributed by atoms with Gasteiger partial charge in [-0.3, -0.25) is 4.90 Å². The molecule has 0 bridgehead atoms. The molecule has 1 saturated heterocycles. The summed E-state index contributed by atoms with van der Waals surface area (Å²) in [6.07, 6.45) is 3.81. The quantitative estimate of drug-likeness (QED) is 0.906. The summed E-state index contributed by atoms with van der Waals surface area (Å²) >= 11 is 0. The van der Waals surface area contributed by atoms with Crippen molar-refractivity contribution in [3.05, 3.63) is 35.1 Å². The van der Waals surface area contributed by atoms with Gasteiger partial charge in [-0.15, -0.1) is 24.8 Å². The minimum atomic E-state index is -0.0181. The summed E-state index contributed by atoms with van der Waals surface area (Å²) in [4.78, 5) is 2.48. The highest BCUT2D eigenvalue weighted by Gasteiger charge is 2.34. The average Bonchev–Trinajstić information content (AvgIpc) is 2.35. The van der Waals surface area contributed by atoms with Gasteiger partial charge in [-0.05, 0) is 37.3 Å². The largest absolute Gasteiger partial charge is 0.314 e. The van der Waals surface area contributed by atoms with Crippen LogP contribution in [0.25, 0.3) is 0 Å². The Kier molecular flexibility index (Phi) is 7.41.